The number of aliphatic carboxylic acids is 2. The van der Waals surface area contributed by atoms with E-state index in [9.17, 15) is 28.8 Å². The summed E-state index contributed by atoms with van der Waals surface area (Å²) in [5, 5.41) is 24.8. The van der Waals surface area contributed by atoms with Crippen molar-refractivity contribution in [1.82, 2.24) is 16.0 Å². The van der Waals surface area contributed by atoms with Crippen LogP contribution in [0.1, 0.15) is 31.7 Å². The van der Waals surface area contributed by atoms with Gasteiger partial charge in [-0.05, 0) is 18.9 Å². The number of hydrogen-bond donors (Lipinski definition) is 7. The number of benzene rings is 1. The molecule has 13 nitrogen and oxygen atoms in total. The van der Waals surface area contributed by atoms with Crippen LogP contribution in [-0.4, -0.2) is 69.9 Å². The van der Waals surface area contributed by atoms with E-state index in [1.165, 1.54) is 6.92 Å². The van der Waals surface area contributed by atoms with Crippen LogP contribution in [0.2, 0.25) is 0 Å². The molecule has 0 saturated carbocycles. The quantitative estimate of drug-likeness (QED) is 0.154. The fraction of sp³-hybridized carbons (Fsp3) is 0.429. The maximum Gasteiger partial charge on any atom is 0.326 e. The Balaban J connectivity index is 2.90. The zero-order valence-electron chi connectivity index (χ0n) is 18.5. The van der Waals surface area contributed by atoms with Gasteiger partial charge in [-0.15, -0.1) is 0 Å². The maximum atomic E-state index is 12.9. The summed E-state index contributed by atoms with van der Waals surface area (Å²) in [5.41, 5.74) is 11.4. The number of nitrogens with one attached hydrogen (secondary N) is 3. The van der Waals surface area contributed by atoms with Crippen molar-refractivity contribution in [3.63, 3.8) is 0 Å². The molecule has 0 spiro atoms. The molecular formula is C21H29N5O8. The highest BCUT2D eigenvalue weighted by Crippen LogP contribution is 2.05. The molecule has 0 aliphatic rings. The smallest absolute Gasteiger partial charge is 0.326 e. The average Bonchev–Trinajstić information content (AvgIpc) is 2.76. The third kappa shape index (κ3) is 10.1. The highest BCUT2D eigenvalue weighted by molar-refractivity contribution is 5.94. The lowest BCUT2D eigenvalue weighted by Gasteiger charge is -2.23. The summed E-state index contributed by atoms with van der Waals surface area (Å²) in [7, 11) is 0. The lowest BCUT2D eigenvalue weighted by molar-refractivity contribution is -0.143. The molecule has 4 amide bonds. The molecule has 0 aromatic heterocycles. The molecule has 1 rings (SSSR count). The van der Waals surface area contributed by atoms with Gasteiger partial charge in [0.2, 0.25) is 23.6 Å². The van der Waals surface area contributed by atoms with Crippen molar-refractivity contribution in [3.05, 3.63) is 35.9 Å². The van der Waals surface area contributed by atoms with Crippen LogP contribution in [0, 0.1) is 0 Å². The van der Waals surface area contributed by atoms with Gasteiger partial charge in [-0.1, -0.05) is 30.3 Å². The highest BCUT2D eigenvalue weighted by atomic mass is 16.4. The second-order valence-electron chi connectivity index (χ2n) is 7.59. The molecule has 1 aromatic carbocycles. The predicted octanol–water partition coefficient (Wildman–Crippen LogP) is -2.14. The molecule has 4 atom stereocenters. The molecule has 4 unspecified atom stereocenters. The number of amides is 4. The second kappa shape index (κ2) is 13.5. The van der Waals surface area contributed by atoms with Crippen LogP contribution in [0.4, 0.5) is 0 Å². The Kier molecular flexibility index (Phi) is 11.2. The zero-order chi connectivity index (χ0) is 25.8. The van der Waals surface area contributed by atoms with Gasteiger partial charge >= 0.3 is 11.9 Å². The predicted molar refractivity (Wildman–Crippen MR) is 118 cm³/mol. The molecule has 186 valence electrons. The highest BCUT2D eigenvalue weighted by Gasteiger charge is 2.29. The van der Waals surface area contributed by atoms with Crippen LogP contribution < -0.4 is 27.4 Å². The third-order valence-electron chi connectivity index (χ3n) is 4.69. The topological polar surface area (TPSA) is 231 Å². The largest absolute Gasteiger partial charge is 0.481 e. The molecule has 0 saturated heterocycles. The average molecular weight is 479 g/mol. The Morgan fingerprint density at radius 1 is 0.882 bits per heavy atom. The summed E-state index contributed by atoms with van der Waals surface area (Å²) in [6, 6.07) is 3.51. The molecule has 34 heavy (non-hydrogen) atoms. The van der Waals surface area contributed by atoms with Gasteiger partial charge in [0.25, 0.3) is 0 Å². The Morgan fingerprint density at radius 3 is 2.00 bits per heavy atom. The summed E-state index contributed by atoms with van der Waals surface area (Å²) < 4.78 is 0. The molecule has 13 heteroatoms. The van der Waals surface area contributed by atoms with E-state index in [0.29, 0.717) is 5.56 Å². The molecule has 0 heterocycles. The number of carbonyl (C=O) groups is 6. The Hall–Kier alpha value is -4.00. The minimum Gasteiger partial charge on any atom is -0.481 e. The summed E-state index contributed by atoms with van der Waals surface area (Å²) >= 11 is 0. The summed E-state index contributed by atoms with van der Waals surface area (Å²) in [4.78, 5) is 70.5. The van der Waals surface area contributed by atoms with Crippen molar-refractivity contribution in [1.29, 1.82) is 0 Å². The van der Waals surface area contributed by atoms with Crippen molar-refractivity contribution < 1.29 is 39.0 Å². The van der Waals surface area contributed by atoms with Gasteiger partial charge < -0.3 is 37.6 Å². The van der Waals surface area contributed by atoms with E-state index >= 15 is 0 Å². The maximum absolute atomic E-state index is 12.9. The number of hydrogen-bond acceptors (Lipinski definition) is 7. The van der Waals surface area contributed by atoms with E-state index < -0.39 is 66.2 Å². The van der Waals surface area contributed by atoms with Crippen molar-refractivity contribution in [3.8, 4) is 0 Å². The van der Waals surface area contributed by atoms with E-state index in [2.05, 4.69) is 16.0 Å². The molecule has 0 aliphatic carbocycles. The molecule has 1 aromatic rings. The van der Waals surface area contributed by atoms with E-state index in [-0.39, 0.29) is 19.3 Å². The first kappa shape index (κ1) is 28.0. The van der Waals surface area contributed by atoms with Crippen molar-refractivity contribution in [2.45, 2.75) is 56.8 Å². The number of nitrogens with two attached hydrogens (primary N) is 2. The molecule has 9 N–H and O–H groups in total. The van der Waals surface area contributed by atoms with Crippen LogP contribution in [-0.2, 0) is 35.2 Å². The second-order valence-corrected chi connectivity index (χ2v) is 7.59. The third-order valence-corrected chi connectivity index (χ3v) is 4.69. The minimum absolute atomic E-state index is 0.0395. The Bertz CT molecular complexity index is 908. The summed E-state index contributed by atoms with van der Waals surface area (Å²) in [6.07, 6.45) is -1.08. The van der Waals surface area contributed by atoms with Crippen LogP contribution in [0.3, 0.4) is 0 Å². The standard InChI is InChI=1S/C21H29N5O8/c1-11(18(30)26-15(21(33)34)10-16(23)27)24-20(32)14(9-12-5-3-2-4-6-12)25-19(31)13(22)7-8-17(28)29/h2-6,11,13-15H,7-10,22H2,1H3,(H2,23,27)(H,24,32)(H,25,31)(H,26,30)(H,28,29)(H,33,34). The van der Waals surface area contributed by atoms with Gasteiger partial charge in [0.1, 0.15) is 18.1 Å². The fourth-order valence-electron chi connectivity index (χ4n) is 2.83. The van der Waals surface area contributed by atoms with E-state index in [1.54, 1.807) is 30.3 Å². The number of carboxylic acids is 2. The SMILES string of the molecule is CC(NC(=O)C(Cc1ccccc1)NC(=O)C(N)CCC(=O)O)C(=O)NC(CC(N)=O)C(=O)O. The molecule has 0 aliphatic heterocycles. The minimum atomic E-state index is -1.57. The molecule has 0 radical (unpaired) electrons. The lowest BCUT2D eigenvalue weighted by Crippen LogP contribution is -2.57. The Morgan fingerprint density at radius 2 is 1.47 bits per heavy atom. The lowest BCUT2D eigenvalue weighted by atomic mass is 10.0. The van der Waals surface area contributed by atoms with Gasteiger partial charge in [0.15, 0.2) is 0 Å². The van der Waals surface area contributed by atoms with Crippen molar-refractivity contribution >= 4 is 35.6 Å². The molecular weight excluding hydrogens is 450 g/mol. The van der Waals surface area contributed by atoms with Gasteiger partial charge in [0.05, 0.1) is 12.5 Å². The van der Waals surface area contributed by atoms with Gasteiger partial charge in [-0.2, -0.15) is 0 Å². The number of carbonyl (C=O) groups excluding carboxylic acids is 4. The molecule has 0 fully saturated rings. The Labute approximate surface area is 195 Å². The summed E-state index contributed by atoms with van der Waals surface area (Å²) in [6.45, 7) is 1.29. The van der Waals surface area contributed by atoms with Gasteiger partial charge in [0, 0.05) is 12.8 Å². The van der Waals surface area contributed by atoms with E-state index in [4.69, 9.17) is 21.7 Å². The number of rotatable bonds is 14. The van der Waals surface area contributed by atoms with Crippen LogP contribution >= 0.6 is 0 Å². The van der Waals surface area contributed by atoms with Crippen LogP contribution in [0.25, 0.3) is 0 Å². The number of primary amides is 1. The first-order valence-electron chi connectivity index (χ1n) is 10.3. The normalized spacial score (nSPS) is 14.1. The van der Waals surface area contributed by atoms with Crippen molar-refractivity contribution in [2.24, 2.45) is 11.5 Å². The van der Waals surface area contributed by atoms with Crippen LogP contribution in [0.5, 0.6) is 0 Å². The number of carboxylic acid groups (broad SMARTS) is 2. The van der Waals surface area contributed by atoms with E-state index in [1.807, 2.05) is 0 Å². The van der Waals surface area contributed by atoms with Gasteiger partial charge in [-0.25, -0.2) is 4.79 Å². The van der Waals surface area contributed by atoms with Crippen molar-refractivity contribution in [2.75, 3.05) is 0 Å². The zero-order valence-corrected chi connectivity index (χ0v) is 18.5. The monoisotopic (exact) mass is 479 g/mol. The summed E-state index contributed by atoms with van der Waals surface area (Å²) in [5.74, 6) is -5.93. The first-order valence-corrected chi connectivity index (χ1v) is 10.3. The fourth-order valence-corrected chi connectivity index (χ4v) is 2.83. The van der Waals surface area contributed by atoms with E-state index in [0.717, 1.165) is 0 Å². The first-order chi connectivity index (χ1) is 15.9. The van der Waals surface area contributed by atoms with Gasteiger partial charge in [-0.3, -0.25) is 24.0 Å². The molecule has 0 bridgehead atoms. The van der Waals surface area contributed by atoms with Crippen LogP contribution in [0.15, 0.2) is 30.3 Å².